The number of rotatable bonds is 7. The molecular weight excluding hydrogens is 446 g/mol. The van der Waals surface area contributed by atoms with Gasteiger partial charge in [-0.2, -0.15) is 0 Å². The normalized spacial score (nSPS) is 20.9. The molecule has 5 nitrogen and oxygen atoms in total. The molecule has 5 rings (SSSR count). The molecular formula is C28H29NO4S. The Bertz CT molecular complexity index is 1330. The monoisotopic (exact) mass is 475 g/mol. The van der Waals surface area contributed by atoms with Gasteiger partial charge in [-0.3, -0.25) is 13.5 Å². The molecule has 0 spiro atoms. The minimum atomic E-state index is -1.15. The molecule has 1 aromatic heterocycles. The molecule has 2 aliphatic carbocycles. The number of carboxylic acid groups (broad SMARTS) is 1. The molecule has 0 radical (unpaired) electrons. The molecule has 1 heterocycles. The zero-order valence-corrected chi connectivity index (χ0v) is 20.1. The zero-order valence-electron chi connectivity index (χ0n) is 19.3. The summed E-state index contributed by atoms with van der Waals surface area (Å²) in [7, 11) is 0. The first-order valence-corrected chi connectivity index (χ1v) is 12.8. The van der Waals surface area contributed by atoms with Gasteiger partial charge in [-0.05, 0) is 60.6 Å². The van der Waals surface area contributed by atoms with Crippen LogP contribution in [0.3, 0.4) is 0 Å². The van der Waals surface area contributed by atoms with Crippen molar-refractivity contribution in [1.82, 2.24) is 3.96 Å². The number of benzene rings is 2. The molecule has 1 fully saturated rings. The first-order valence-electron chi connectivity index (χ1n) is 12.0. The summed E-state index contributed by atoms with van der Waals surface area (Å²) in [5.74, 6) is -0.307. The molecule has 1 atom stereocenters. The summed E-state index contributed by atoms with van der Waals surface area (Å²) in [6.45, 7) is 2.11. The lowest BCUT2D eigenvalue weighted by Gasteiger charge is -2.31. The van der Waals surface area contributed by atoms with Gasteiger partial charge in [0.1, 0.15) is 17.8 Å². The fourth-order valence-corrected chi connectivity index (χ4v) is 6.29. The van der Waals surface area contributed by atoms with E-state index in [0.717, 1.165) is 40.7 Å². The van der Waals surface area contributed by atoms with Gasteiger partial charge in [0.2, 0.25) is 0 Å². The Morgan fingerprint density at radius 2 is 1.94 bits per heavy atom. The summed E-state index contributed by atoms with van der Waals surface area (Å²) in [6.07, 6.45) is 9.40. The lowest BCUT2D eigenvalue weighted by Crippen LogP contribution is -2.37. The minimum Gasteiger partial charge on any atom is -0.492 e. The number of nitrogens with zero attached hydrogens (tertiary/aromatic N) is 1. The highest BCUT2D eigenvalue weighted by Crippen LogP contribution is 2.41. The Kier molecular flexibility index (Phi) is 6.17. The van der Waals surface area contributed by atoms with E-state index in [1.54, 1.807) is 12.1 Å². The highest BCUT2D eigenvalue weighted by atomic mass is 32.1. The predicted octanol–water partition coefficient (Wildman–Crippen LogP) is 6.45. The molecule has 2 aromatic carbocycles. The third-order valence-corrected chi connectivity index (χ3v) is 8.34. The van der Waals surface area contributed by atoms with Crippen LogP contribution < -0.4 is 10.3 Å². The molecule has 3 aromatic rings. The molecule has 0 bridgehead atoms. The van der Waals surface area contributed by atoms with E-state index in [0.29, 0.717) is 23.6 Å². The SMILES string of the molecule is CCC1=C(c2ccccc2)CC(COc2ccc3c(=O)n(C4CCCC4)sc3c2)(C(=O)O)C=C1. The average Bonchev–Trinajstić information content (AvgIpc) is 3.51. The first kappa shape index (κ1) is 22.7. The lowest BCUT2D eigenvalue weighted by molar-refractivity contribution is -0.147. The smallest absolute Gasteiger partial charge is 0.317 e. The van der Waals surface area contributed by atoms with Gasteiger partial charge < -0.3 is 9.84 Å². The van der Waals surface area contributed by atoms with Gasteiger partial charge >= 0.3 is 5.97 Å². The maximum atomic E-state index is 12.8. The highest BCUT2D eigenvalue weighted by molar-refractivity contribution is 7.13. The second kappa shape index (κ2) is 9.26. The number of allylic oxidation sites excluding steroid dienone is 3. The molecule has 1 N–H and O–H groups in total. The van der Waals surface area contributed by atoms with Crippen LogP contribution in [0.1, 0.15) is 57.1 Å². The molecule has 1 unspecified atom stereocenters. The summed E-state index contributed by atoms with van der Waals surface area (Å²) in [5, 5.41) is 10.9. The van der Waals surface area contributed by atoms with Crippen molar-refractivity contribution < 1.29 is 14.6 Å². The van der Waals surface area contributed by atoms with Gasteiger partial charge in [0, 0.05) is 6.04 Å². The van der Waals surface area contributed by atoms with Crippen molar-refractivity contribution in [2.45, 2.75) is 51.5 Å². The summed E-state index contributed by atoms with van der Waals surface area (Å²) in [4.78, 5) is 25.3. The number of hydrogen-bond acceptors (Lipinski definition) is 4. The van der Waals surface area contributed by atoms with E-state index >= 15 is 0 Å². The van der Waals surface area contributed by atoms with Crippen LogP contribution in [0.4, 0.5) is 0 Å². The van der Waals surface area contributed by atoms with Gasteiger partial charge in [0.15, 0.2) is 0 Å². The van der Waals surface area contributed by atoms with Crippen LogP contribution in [0.25, 0.3) is 15.7 Å². The second-order valence-corrected chi connectivity index (χ2v) is 10.3. The van der Waals surface area contributed by atoms with E-state index in [9.17, 15) is 14.7 Å². The average molecular weight is 476 g/mol. The maximum Gasteiger partial charge on any atom is 0.317 e. The van der Waals surface area contributed by atoms with Crippen molar-refractivity contribution in [3.63, 3.8) is 0 Å². The fraction of sp³-hybridized carbons (Fsp3) is 0.357. The minimum absolute atomic E-state index is 0.0237. The van der Waals surface area contributed by atoms with Crippen LogP contribution in [0, 0.1) is 5.41 Å². The quantitative estimate of drug-likeness (QED) is 0.426. The van der Waals surface area contributed by atoms with Gasteiger partial charge in [-0.15, -0.1) is 0 Å². The molecule has 6 heteroatoms. The van der Waals surface area contributed by atoms with Gasteiger partial charge in [0.05, 0.1) is 10.1 Å². The van der Waals surface area contributed by atoms with Crippen LogP contribution in [-0.4, -0.2) is 21.6 Å². The van der Waals surface area contributed by atoms with Gasteiger partial charge in [-0.25, -0.2) is 0 Å². The van der Waals surface area contributed by atoms with Crippen LogP contribution in [0.2, 0.25) is 0 Å². The molecule has 0 saturated heterocycles. The number of aromatic nitrogens is 1. The van der Waals surface area contributed by atoms with Gasteiger partial charge in [-0.1, -0.05) is 73.8 Å². The van der Waals surface area contributed by atoms with E-state index in [4.69, 9.17) is 4.74 Å². The third kappa shape index (κ3) is 4.11. The summed E-state index contributed by atoms with van der Waals surface area (Å²) in [6, 6.07) is 15.7. The molecule has 0 aliphatic heterocycles. The van der Waals surface area contributed by atoms with Gasteiger partial charge in [0.25, 0.3) is 5.56 Å². The van der Waals surface area contributed by atoms with Crippen molar-refractivity contribution >= 4 is 33.2 Å². The summed E-state index contributed by atoms with van der Waals surface area (Å²) >= 11 is 1.49. The summed E-state index contributed by atoms with van der Waals surface area (Å²) < 4.78 is 8.88. The van der Waals surface area contributed by atoms with Crippen molar-refractivity contribution in [3.05, 3.63) is 82.2 Å². The number of aliphatic carboxylic acids is 1. The van der Waals surface area contributed by atoms with E-state index in [1.165, 1.54) is 24.4 Å². The van der Waals surface area contributed by atoms with Crippen molar-refractivity contribution in [2.75, 3.05) is 6.61 Å². The number of carbonyl (C=O) groups is 1. The Morgan fingerprint density at radius 1 is 1.18 bits per heavy atom. The number of hydrogen-bond donors (Lipinski definition) is 1. The number of fused-ring (bicyclic) bond motifs is 1. The first-order chi connectivity index (χ1) is 16.5. The fourth-order valence-electron chi connectivity index (χ4n) is 5.12. The molecule has 176 valence electrons. The molecule has 34 heavy (non-hydrogen) atoms. The molecule has 0 amide bonds. The largest absolute Gasteiger partial charge is 0.492 e. The number of carboxylic acids is 1. The number of ether oxygens (including phenoxy) is 1. The molecule has 2 aliphatic rings. The standard InChI is InChI=1S/C28H29NO4S/c1-2-19-14-15-28(27(31)32,17-24(19)20-8-4-3-5-9-20)18-33-22-12-13-23-25(16-22)34-29(26(23)30)21-10-6-7-11-21/h3-5,8-9,12-16,21H,2,6-7,10-11,17-18H2,1H3,(H,31,32). The van der Waals surface area contributed by atoms with Crippen LogP contribution in [0.5, 0.6) is 5.75 Å². The van der Waals surface area contributed by atoms with E-state index < -0.39 is 11.4 Å². The Morgan fingerprint density at radius 3 is 2.65 bits per heavy atom. The van der Waals surface area contributed by atoms with Crippen molar-refractivity contribution in [1.29, 1.82) is 0 Å². The van der Waals surface area contributed by atoms with E-state index in [-0.39, 0.29) is 12.2 Å². The Labute approximate surface area is 203 Å². The van der Waals surface area contributed by atoms with Crippen molar-refractivity contribution in [3.8, 4) is 5.75 Å². The van der Waals surface area contributed by atoms with Crippen molar-refractivity contribution in [2.24, 2.45) is 5.41 Å². The predicted molar refractivity (Wildman–Crippen MR) is 137 cm³/mol. The third-order valence-electron chi connectivity index (χ3n) is 7.15. The van der Waals surface area contributed by atoms with E-state index in [1.807, 2.05) is 52.5 Å². The molecule has 1 saturated carbocycles. The maximum absolute atomic E-state index is 12.8. The highest BCUT2D eigenvalue weighted by Gasteiger charge is 2.40. The van der Waals surface area contributed by atoms with Crippen LogP contribution in [-0.2, 0) is 4.79 Å². The van der Waals surface area contributed by atoms with E-state index in [2.05, 4.69) is 6.92 Å². The lowest BCUT2D eigenvalue weighted by atomic mass is 9.74. The topological polar surface area (TPSA) is 68.5 Å². The summed E-state index contributed by atoms with van der Waals surface area (Å²) in [5.41, 5.74) is 2.18. The van der Waals surface area contributed by atoms with Crippen LogP contribution >= 0.6 is 11.5 Å². The Hall–Kier alpha value is -3.12. The zero-order chi connectivity index (χ0) is 23.7. The Balaban J connectivity index is 1.40. The second-order valence-electron chi connectivity index (χ2n) is 9.30. The van der Waals surface area contributed by atoms with Crippen LogP contribution in [0.15, 0.2) is 71.1 Å².